The van der Waals surface area contributed by atoms with Gasteiger partial charge in [-0.1, -0.05) is 6.58 Å². The van der Waals surface area contributed by atoms with E-state index in [-0.39, 0.29) is 18.0 Å². The van der Waals surface area contributed by atoms with Crippen LogP contribution in [0.4, 0.5) is 5.69 Å². The zero-order valence-corrected chi connectivity index (χ0v) is 19.7. The Bertz CT molecular complexity index is 1150. The highest BCUT2D eigenvalue weighted by Gasteiger charge is 2.71. The zero-order valence-electron chi connectivity index (χ0n) is 19.7. The maximum absolute atomic E-state index is 12.1. The summed E-state index contributed by atoms with van der Waals surface area (Å²) in [5.74, 6) is 1.51. The molecule has 3 aliphatic rings. The molecular formula is C24H31N7O2. The van der Waals surface area contributed by atoms with Gasteiger partial charge in [0.25, 0.3) is 0 Å². The van der Waals surface area contributed by atoms with E-state index in [2.05, 4.69) is 21.6 Å². The van der Waals surface area contributed by atoms with E-state index in [1.807, 2.05) is 39.6 Å². The van der Waals surface area contributed by atoms with Crippen LogP contribution >= 0.6 is 0 Å². The number of amides is 2. The molecule has 9 heteroatoms. The number of anilines is 1. The Morgan fingerprint density at radius 2 is 2.00 bits per heavy atom. The molecule has 0 aromatic carbocycles. The van der Waals surface area contributed by atoms with Gasteiger partial charge in [0.2, 0.25) is 12.3 Å². The van der Waals surface area contributed by atoms with Crippen LogP contribution in [0.5, 0.6) is 0 Å². The number of rotatable bonds is 9. The third-order valence-electron chi connectivity index (χ3n) is 7.68. The number of carbonyl (C=O) groups excluding carboxylic acids is 2. The van der Waals surface area contributed by atoms with Crippen LogP contribution in [0.1, 0.15) is 42.9 Å². The molecule has 2 aromatic rings. The molecule has 0 saturated heterocycles. The fourth-order valence-electron chi connectivity index (χ4n) is 5.07. The second kappa shape index (κ2) is 7.60. The average molecular weight is 450 g/mol. The highest BCUT2D eigenvalue weighted by Crippen LogP contribution is 2.75. The molecule has 0 bridgehead atoms. The van der Waals surface area contributed by atoms with Crippen LogP contribution in [0, 0.1) is 12.8 Å². The van der Waals surface area contributed by atoms with Crippen molar-refractivity contribution in [2.45, 2.75) is 50.1 Å². The lowest BCUT2D eigenvalue weighted by Crippen LogP contribution is -2.52. The van der Waals surface area contributed by atoms with Gasteiger partial charge in [0.05, 0.1) is 17.1 Å². The number of nitrogens with zero attached hydrogens (tertiary/aromatic N) is 6. The number of fused-ring (bicyclic) bond motifs is 1. The summed E-state index contributed by atoms with van der Waals surface area (Å²) in [4.78, 5) is 32.1. The molecule has 0 aliphatic heterocycles. The van der Waals surface area contributed by atoms with Gasteiger partial charge in [-0.05, 0) is 44.6 Å². The largest absolute Gasteiger partial charge is 0.349 e. The predicted molar refractivity (Wildman–Crippen MR) is 125 cm³/mol. The van der Waals surface area contributed by atoms with Crippen molar-refractivity contribution in [3.05, 3.63) is 48.5 Å². The van der Waals surface area contributed by atoms with Gasteiger partial charge in [-0.3, -0.25) is 14.3 Å². The Morgan fingerprint density at radius 3 is 2.55 bits per heavy atom. The summed E-state index contributed by atoms with van der Waals surface area (Å²) in [6.07, 6.45) is 11.9. The summed E-state index contributed by atoms with van der Waals surface area (Å²) in [5.41, 5.74) is 4.09. The number of aromatic nitrogens is 4. The molecule has 0 spiro atoms. The molecular weight excluding hydrogens is 418 g/mol. The summed E-state index contributed by atoms with van der Waals surface area (Å²) in [5, 5.41) is 7.90. The summed E-state index contributed by atoms with van der Waals surface area (Å²) in [7, 11) is 5.71. The highest BCUT2D eigenvalue weighted by atomic mass is 16.2. The second-order valence-corrected chi connectivity index (χ2v) is 9.74. The molecule has 2 heterocycles. The topological polar surface area (TPSA) is 88.3 Å². The number of likely N-dealkylation sites (N-methyl/N-ethyl adjacent to an activating group) is 1. The standard InChI is InChI=1S/C24H31N7O2/c1-6-22(33)29(4)17-7-18(8-17)31(14-32)13-20(26-19-12-28(3)27-15(19)2)23-25-11-21(30(23)5)24-9-16(24)10-24/h6,11-14,16-18,26H,1,7-10H2,2-5H3/b20-13+. The summed E-state index contributed by atoms with van der Waals surface area (Å²) >= 11 is 0. The molecule has 0 atom stereocenters. The van der Waals surface area contributed by atoms with E-state index in [1.54, 1.807) is 21.5 Å². The maximum atomic E-state index is 12.1. The first-order valence-corrected chi connectivity index (χ1v) is 11.4. The summed E-state index contributed by atoms with van der Waals surface area (Å²) in [6, 6.07) is 0.128. The molecule has 5 rings (SSSR count). The van der Waals surface area contributed by atoms with Crippen LogP contribution in [-0.4, -0.2) is 60.6 Å². The molecule has 0 unspecified atom stereocenters. The summed E-state index contributed by atoms with van der Waals surface area (Å²) in [6.45, 7) is 5.50. The third-order valence-corrected chi connectivity index (χ3v) is 7.68. The van der Waals surface area contributed by atoms with Crippen LogP contribution < -0.4 is 5.32 Å². The first-order chi connectivity index (χ1) is 15.8. The van der Waals surface area contributed by atoms with Gasteiger partial charge >= 0.3 is 0 Å². The average Bonchev–Trinajstić information content (AvgIpc) is 3.54. The molecule has 2 amide bonds. The van der Waals surface area contributed by atoms with Crippen LogP contribution in [0.2, 0.25) is 0 Å². The summed E-state index contributed by atoms with van der Waals surface area (Å²) < 4.78 is 3.91. The second-order valence-electron chi connectivity index (χ2n) is 9.74. The molecule has 1 N–H and O–H groups in total. The predicted octanol–water partition coefficient (Wildman–Crippen LogP) is 2.17. The van der Waals surface area contributed by atoms with E-state index >= 15 is 0 Å². The van der Waals surface area contributed by atoms with Gasteiger partial charge in [0, 0.05) is 62.9 Å². The van der Waals surface area contributed by atoms with Crippen molar-refractivity contribution in [2.75, 3.05) is 12.4 Å². The van der Waals surface area contributed by atoms with Crippen LogP contribution in [0.3, 0.4) is 0 Å². The van der Waals surface area contributed by atoms with Gasteiger partial charge in [-0.2, -0.15) is 5.10 Å². The first kappa shape index (κ1) is 21.5. The Balaban J connectivity index is 1.42. The van der Waals surface area contributed by atoms with Crippen LogP contribution in [-0.2, 0) is 29.1 Å². The number of hydrogen-bond acceptors (Lipinski definition) is 5. The SMILES string of the molecule is C=CC(=O)N(C)C1CC(N(C=O)/C=C(/Nc2cn(C)nc2C)c2ncc(C34CC3C4)n2C)C1. The maximum Gasteiger partial charge on any atom is 0.245 e. The lowest BCUT2D eigenvalue weighted by Gasteiger charge is -2.44. The van der Waals surface area contributed by atoms with Crippen LogP contribution in [0.15, 0.2) is 31.2 Å². The minimum Gasteiger partial charge on any atom is -0.349 e. The fraction of sp³-hybridized carbons (Fsp3) is 0.500. The van der Waals surface area contributed by atoms with Crippen molar-refractivity contribution >= 4 is 23.7 Å². The van der Waals surface area contributed by atoms with Gasteiger partial charge in [-0.25, -0.2) is 4.98 Å². The van der Waals surface area contributed by atoms with E-state index in [4.69, 9.17) is 4.98 Å². The normalized spacial score (nSPS) is 27.3. The third kappa shape index (κ3) is 3.55. The van der Waals surface area contributed by atoms with Gasteiger partial charge < -0.3 is 19.7 Å². The molecule has 174 valence electrons. The highest BCUT2D eigenvalue weighted by molar-refractivity contribution is 5.87. The monoisotopic (exact) mass is 449 g/mol. The number of imidazole rings is 1. The fourth-order valence-corrected chi connectivity index (χ4v) is 5.07. The first-order valence-electron chi connectivity index (χ1n) is 11.4. The molecule has 3 saturated carbocycles. The molecule has 9 nitrogen and oxygen atoms in total. The lowest BCUT2D eigenvalue weighted by molar-refractivity contribution is -0.130. The minimum atomic E-state index is -0.0978. The zero-order chi connectivity index (χ0) is 23.5. The lowest BCUT2D eigenvalue weighted by atomic mass is 9.84. The number of aryl methyl sites for hydroxylation is 2. The van der Waals surface area contributed by atoms with Gasteiger partial charge in [0.15, 0.2) is 5.82 Å². The Hall–Kier alpha value is -3.36. The molecule has 2 aromatic heterocycles. The number of carbonyl (C=O) groups is 2. The molecule has 0 radical (unpaired) electrons. The Labute approximate surface area is 193 Å². The van der Waals surface area contributed by atoms with Gasteiger partial charge in [-0.15, -0.1) is 0 Å². The smallest absolute Gasteiger partial charge is 0.245 e. The van der Waals surface area contributed by atoms with E-state index in [0.717, 1.165) is 48.1 Å². The van der Waals surface area contributed by atoms with Crippen molar-refractivity contribution in [1.82, 2.24) is 29.1 Å². The number of nitrogens with one attached hydrogen (secondary N) is 1. The minimum absolute atomic E-state index is 0.0222. The van der Waals surface area contributed by atoms with E-state index < -0.39 is 0 Å². The van der Waals surface area contributed by atoms with Crippen LogP contribution in [0.25, 0.3) is 5.70 Å². The van der Waals surface area contributed by atoms with E-state index in [9.17, 15) is 9.59 Å². The number of hydrogen-bond donors (Lipinski definition) is 1. The van der Waals surface area contributed by atoms with E-state index in [0.29, 0.717) is 5.41 Å². The van der Waals surface area contributed by atoms with Gasteiger partial charge in [0.1, 0.15) is 0 Å². The Morgan fingerprint density at radius 1 is 1.30 bits per heavy atom. The van der Waals surface area contributed by atoms with Crippen molar-refractivity contribution in [3.8, 4) is 0 Å². The van der Waals surface area contributed by atoms with Crippen molar-refractivity contribution < 1.29 is 9.59 Å². The quantitative estimate of drug-likeness (QED) is 0.468. The molecule has 3 aliphatic carbocycles. The molecule has 3 fully saturated rings. The van der Waals surface area contributed by atoms with Crippen molar-refractivity contribution in [2.24, 2.45) is 20.0 Å². The van der Waals surface area contributed by atoms with E-state index in [1.165, 1.54) is 24.6 Å². The molecule has 33 heavy (non-hydrogen) atoms. The Kier molecular flexibility index (Phi) is 4.95. The van der Waals surface area contributed by atoms with Crippen molar-refractivity contribution in [1.29, 1.82) is 0 Å². The van der Waals surface area contributed by atoms with Crippen molar-refractivity contribution in [3.63, 3.8) is 0 Å².